The first kappa shape index (κ1) is 27.4. The molecular weight excluding hydrogens is 518 g/mol. The summed E-state index contributed by atoms with van der Waals surface area (Å²) < 4.78 is 7.72. The number of anilines is 1. The third kappa shape index (κ3) is 5.31. The van der Waals surface area contributed by atoms with Crippen molar-refractivity contribution in [3.8, 4) is 11.4 Å². The average molecular weight is 554 g/mol. The maximum absolute atomic E-state index is 13.0. The molecule has 40 heavy (non-hydrogen) atoms. The number of para-hydroxylation sites is 3. The van der Waals surface area contributed by atoms with Crippen molar-refractivity contribution in [1.29, 1.82) is 0 Å². The summed E-state index contributed by atoms with van der Waals surface area (Å²) in [4.78, 5) is 19.9. The second kappa shape index (κ2) is 11.9. The maximum Gasteiger partial charge on any atom is 0.226 e. The lowest BCUT2D eigenvalue weighted by Gasteiger charge is -2.28. The molecule has 5 rings (SSSR count). The van der Waals surface area contributed by atoms with E-state index < -0.39 is 0 Å². The number of methoxy groups -OCH3 is 1. The van der Waals surface area contributed by atoms with Gasteiger partial charge in [-0.15, -0.1) is 0 Å². The lowest BCUT2D eigenvalue weighted by atomic mass is 9.96. The molecule has 2 N–H and O–H groups in total. The van der Waals surface area contributed by atoms with E-state index in [0.717, 1.165) is 29.1 Å². The lowest BCUT2D eigenvalue weighted by molar-refractivity contribution is -0.116. The molecule has 4 aromatic rings. The minimum Gasteiger partial charge on any atom is -0.495 e. The molecule has 0 saturated carbocycles. The van der Waals surface area contributed by atoms with E-state index in [1.54, 1.807) is 13.3 Å². The highest BCUT2D eigenvalue weighted by Crippen LogP contribution is 2.41. The minimum atomic E-state index is -0.152. The van der Waals surface area contributed by atoms with Gasteiger partial charge in [0.2, 0.25) is 5.91 Å². The number of thiocarbonyl (C=S) groups is 1. The molecule has 2 aromatic carbocycles. The molecule has 3 heterocycles. The van der Waals surface area contributed by atoms with Crippen molar-refractivity contribution in [2.24, 2.45) is 0 Å². The van der Waals surface area contributed by atoms with Crippen LogP contribution in [0.1, 0.15) is 53.6 Å². The number of aryl methyl sites for hydroxylation is 2. The maximum atomic E-state index is 13.0. The first-order chi connectivity index (χ1) is 19.4. The zero-order valence-electron chi connectivity index (χ0n) is 23.3. The fourth-order valence-electron chi connectivity index (χ4n) is 5.65. The molecule has 206 valence electrons. The Kier molecular flexibility index (Phi) is 8.16. The van der Waals surface area contributed by atoms with Crippen molar-refractivity contribution in [1.82, 2.24) is 19.8 Å². The quantitative estimate of drug-likeness (QED) is 0.246. The van der Waals surface area contributed by atoms with E-state index in [0.29, 0.717) is 23.1 Å². The number of pyridine rings is 1. The predicted octanol–water partition coefficient (Wildman–Crippen LogP) is 6.06. The van der Waals surface area contributed by atoms with Crippen molar-refractivity contribution in [2.75, 3.05) is 19.0 Å². The topological polar surface area (TPSA) is 71.4 Å². The molecule has 2 atom stereocenters. The van der Waals surface area contributed by atoms with Crippen LogP contribution < -0.4 is 15.4 Å². The first-order valence-corrected chi connectivity index (χ1v) is 14.0. The third-order valence-electron chi connectivity index (χ3n) is 7.56. The van der Waals surface area contributed by atoms with Crippen LogP contribution in [0, 0.1) is 13.8 Å². The van der Waals surface area contributed by atoms with E-state index in [-0.39, 0.29) is 24.4 Å². The highest BCUT2D eigenvalue weighted by molar-refractivity contribution is 7.80. The van der Waals surface area contributed by atoms with Gasteiger partial charge in [-0.2, -0.15) is 0 Å². The van der Waals surface area contributed by atoms with Crippen LogP contribution in [0.25, 0.3) is 5.69 Å². The van der Waals surface area contributed by atoms with Crippen LogP contribution in [0.15, 0.2) is 79.0 Å². The van der Waals surface area contributed by atoms with Crippen LogP contribution in [0.3, 0.4) is 0 Å². The number of nitrogens with one attached hydrogen (secondary N) is 2. The van der Waals surface area contributed by atoms with Crippen LogP contribution >= 0.6 is 12.2 Å². The summed E-state index contributed by atoms with van der Waals surface area (Å²) in [6, 6.07) is 23.9. The van der Waals surface area contributed by atoms with Crippen molar-refractivity contribution in [3.63, 3.8) is 0 Å². The average Bonchev–Trinajstić information content (AvgIpc) is 3.46. The number of hydrogen-bond acceptors (Lipinski definition) is 4. The normalized spacial score (nSPS) is 16.6. The zero-order chi connectivity index (χ0) is 28.2. The van der Waals surface area contributed by atoms with Crippen molar-refractivity contribution < 1.29 is 9.53 Å². The van der Waals surface area contributed by atoms with Crippen molar-refractivity contribution >= 4 is 28.9 Å². The lowest BCUT2D eigenvalue weighted by Crippen LogP contribution is -2.33. The molecular formula is C32H35N5O2S. The van der Waals surface area contributed by atoms with Crippen molar-refractivity contribution in [2.45, 2.75) is 45.7 Å². The molecule has 7 nitrogen and oxygen atoms in total. The summed E-state index contributed by atoms with van der Waals surface area (Å²) in [6.07, 6.45) is 3.02. The van der Waals surface area contributed by atoms with E-state index >= 15 is 0 Å². The summed E-state index contributed by atoms with van der Waals surface area (Å²) in [7, 11) is 1.59. The monoisotopic (exact) mass is 553 g/mol. The second-order valence-electron chi connectivity index (χ2n) is 9.96. The van der Waals surface area contributed by atoms with Crippen LogP contribution in [-0.4, -0.2) is 39.1 Å². The van der Waals surface area contributed by atoms with Gasteiger partial charge in [0.1, 0.15) is 5.75 Å². The van der Waals surface area contributed by atoms with Gasteiger partial charge in [0.25, 0.3) is 0 Å². The smallest absolute Gasteiger partial charge is 0.226 e. The Morgan fingerprint density at radius 1 is 1.07 bits per heavy atom. The molecule has 0 bridgehead atoms. The Hall–Kier alpha value is -4.17. The van der Waals surface area contributed by atoms with Gasteiger partial charge >= 0.3 is 0 Å². The van der Waals surface area contributed by atoms with Gasteiger partial charge in [-0.3, -0.25) is 9.78 Å². The Morgan fingerprint density at radius 3 is 2.58 bits per heavy atom. The molecule has 0 unspecified atom stereocenters. The molecule has 8 heteroatoms. The summed E-state index contributed by atoms with van der Waals surface area (Å²) in [5, 5.41) is 7.11. The highest BCUT2D eigenvalue weighted by Gasteiger charge is 2.41. The number of benzene rings is 2. The van der Waals surface area contributed by atoms with Gasteiger partial charge in [0, 0.05) is 36.2 Å². The number of aromatic nitrogens is 2. The number of carbonyl (C=O) groups is 1. The molecule has 1 saturated heterocycles. The number of ether oxygens (including phenoxy) is 1. The van der Waals surface area contributed by atoms with Gasteiger partial charge in [-0.25, -0.2) is 0 Å². The number of carbonyl (C=O) groups excluding carboxylic acids is 1. The Labute approximate surface area is 241 Å². The molecule has 1 fully saturated rings. The SMILES string of the molecule is CCc1ccccc1-n1c(C)cc([C@@H]2[C@H](c3ccccn3)NC(=S)N2CCC(=O)Nc2ccccc2OC)c1C. The van der Waals surface area contributed by atoms with Crippen LogP contribution in [0.2, 0.25) is 0 Å². The standard InChI is InChI=1S/C32H35N5O2S/c1-5-23-12-6-8-15-27(23)37-21(2)20-24(22(37)3)31-30(26-14-10-11-18-33-26)35-32(40)36(31)19-17-29(38)34-25-13-7-9-16-28(25)39-4/h6-16,18,20,30-31H,5,17,19H2,1-4H3,(H,34,38)(H,35,40)/t30-,31+/m0/s1. The number of amides is 1. The fraction of sp³-hybridized carbons (Fsp3) is 0.281. The number of nitrogens with zero attached hydrogens (tertiary/aromatic N) is 3. The zero-order valence-corrected chi connectivity index (χ0v) is 24.2. The Balaban J connectivity index is 1.48. The van der Waals surface area contributed by atoms with E-state index in [4.69, 9.17) is 17.0 Å². The molecule has 1 aliphatic rings. The van der Waals surface area contributed by atoms with Crippen molar-refractivity contribution in [3.05, 3.63) is 107 Å². The van der Waals surface area contributed by atoms with E-state index in [9.17, 15) is 4.79 Å². The van der Waals surface area contributed by atoms with Gasteiger partial charge in [-0.1, -0.05) is 43.3 Å². The summed E-state index contributed by atoms with van der Waals surface area (Å²) >= 11 is 5.86. The molecule has 0 spiro atoms. The largest absolute Gasteiger partial charge is 0.495 e. The Bertz CT molecular complexity index is 1520. The Morgan fingerprint density at radius 2 is 1.82 bits per heavy atom. The first-order valence-electron chi connectivity index (χ1n) is 13.6. The molecule has 2 aromatic heterocycles. The molecule has 0 radical (unpaired) electrons. The van der Waals surface area contributed by atoms with Crippen LogP contribution in [0.5, 0.6) is 5.75 Å². The van der Waals surface area contributed by atoms with Gasteiger partial charge in [0.15, 0.2) is 5.11 Å². The van der Waals surface area contributed by atoms with E-state index in [2.05, 4.69) is 76.2 Å². The summed E-state index contributed by atoms with van der Waals surface area (Å²) in [6.45, 7) is 6.95. The van der Waals surface area contributed by atoms with E-state index in [1.807, 2.05) is 42.5 Å². The second-order valence-corrected chi connectivity index (χ2v) is 10.3. The van der Waals surface area contributed by atoms with Crippen LogP contribution in [0.4, 0.5) is 5.69 Å². The fourth-order valence-corrected chi connectivity index (χ4v) is 5.98. The van der Waals surface area contributed by atoms with E-state index in [1.165, 1.54) is 11.3 Å². The van der Waals surface area contributed by atoms with Crippen LogP contribution in [-0.2, 0) is 11.2 Å². The van der Waals surface area contributed by atoms with Gasteiger partial charge < -0.3 is 24.8 Å². The molecule has 1 amide bonds. The number of rotatable bonds is 9. The predicted molar refractivity (Wildman–Crippen MR) is 163 cm³/mol. The summed E-state index contributed by atoms with van der Waals surface area (Å²) in [5.74, 6) is 0.525. The number of hydrogen-bond donors (Lipinski definition) is 2. The minimum absolute atomic E-state index is 0.102. The van der Waals surface area contributed by atoms with Gasteiger partial charge in [0.05, 0.1) is 30.6 Å². The molecule has 0 aliphatic carbocycles. The third-order valence-corrected chi connectivity index (χ3v) is 7.91. The highest BCUT2D eigenvalue weighted by atomic mass is 32.1. The summed E-state index contributed by atoms with van der Waals surface area (Å²) in [5.41, 5.74) is 7.52. The molecule has 1 aliphatic heterocycles. The van der Waals surface area contributed by atoms with Gasteiger partial charge in [-0.05, 0) is 80.0 Å².